The van der Waals surface area contributed by atoms with Gasteiger partial charge in [0.05, 0.1) is 22.1 Å². The van der Waals surface area contributed by atoms with Crippen molar-refractivity contribution in [1.82, 2.24) is 9.55 Å². The van der Waals surface area contributed by atoms with Crippen LogP contribution < -0.4 is 5.56 Å². The number of ketones is 1. The number of hydrogen-bond donors (Lipinski definition) is 0. The monoisotopic (exact) mass is 396 g/mol. The van der Waals surface area contributed by atoms with Gasteiger partial charge in [-0.3, -0.25) is 14.2 Å². The van der Waals surface area contributed by atoms with E-state index in [0.717, 1.165) is 16.7 Å². The van der Waals surface area contributed by atoms with Crippen LogP contribution in [0.5, 0.6) is 0 Å². The Morgan fingerprint density at radius 2 is 1.76 bits per heavy atom. The van der Waals surface area contributed by atoms with Crippen molar-refractivity contribution in [2.24, 2.45) is 0 Å². The average Bonchev–Trinajstić information content (AvgIpc) is 2.38. The maximum absolute atomic E-state index is 12.5. The molecule has 0 bridgehead atoms. The molecule has 0 unspecified atom stereocenters. The summed E-state index contributed by atoms with van der Waals surface area (Å²) < 4.78 is 1.93. The lowest BCUT2D eigenvalue weighted by atomic mass is 9.96. The van der Waals surface area contributed by atoms with Crippen LogP contribution in [0.4, 0.5) is 0 Å². The van der Waals surface area contributed by atoms with Crippen LogP contribution >= 0.6 is 22.6 Å². The van der Waals surface area contributed by atoms with E-state index in [9.17, 15) is 9.59 Å². The van der Waals surface area contributed by atoms with Crippen molar-refractivity contribution in [3.05, 3.63) is 60.3 Å². The van der Waals surface area contributed by atoms with Crippen LogP contribution in [0.15, 0.2) is 23.3 Å². The molecule has 4 nitrogen and oxygen atoms in total. The van der Waals surface area contributed by atoms with Crippen LogP contribution in [-0.2, 0) is 6.54 Å². The molecular formula is C16H17IN2O2. The molecule has 2 aromatic rings. The van der Waals surface area contributed by atoms with Gasteiger partial charge in [-0.15, -0.1) is 0 Å². The predicted molar refractivity (Wildman–Crippen MR) is 90.9 cm³/mol. The van der Waals surface area contributed by atoms with Gasteiger partial charge in [-0.05, 0) is 61.4 Å². The van der Waals surface area contributed by atoms with Gasteiger partial charge in [-0.2, -0.15) is 0 Å². The van der Waals surface area contributed by atoms with Crippen molar-refractivity contribution in [2.75, 3.05) is 0 Å². The zero-order valence-electron chi connectivity index (χ0n) is 12.5. The number of carbonyl (C=O) groups is 1. The Morgan fingerprint density at radius 1 is 1.19 bits per heavy atom. The quantitative estimate of drug-likeness (QED) is 0.592. The Kier molecular flexibility index (Phi) is 4.61. The highest BCUT2D eigenvalue weighted by Gasteiger charge is 2.15. The van der Waals surface area contributed by atoms with E-state index in [4.69, 9.17) is 0 Å². The third-order valence-corrected chi connectivity index (χ3v) is 4.67. The molecule has 1 aromatic carbocycles. The summed E-state index contributed by atoms with van der Waals surface area (Å²) in [7, 11) is 0. The zero-order valence-corrected chi connectivity index (χ0v) is 14.7. The number of nitrogens with zero attached hydrogens (tertiary/aromatic N) is 2. The number of rotatable bonds is 3. The van der Waals surface area contributed by atoms with Crippen LogP contribution in [0.2, 0.25) is 0 Å². The number of hydrogen-bond acceptors (Lipinski definition) is 3. The Labute approximate surface area is 137 Å². The Bertz CT molecular complexity index is 755. The lowest BCUT2D eigenvalue weighted by molar-refractivity contribution is 0.0969. The molecule has 0 atom stereocenters. The van der Waals surface area contributed by atoms with Gasteiger partial charge in [0.1, 0.15) is 0 Å². The van der Waals surface area contributed by atoms with Crippen molar-refractivity contribution in [3.63, 3.8) is 0 Å². The highest BCUT2D eigenvalue weighted by molar-refractivity contribution is 14.1. The van der Waals surface area contributed by atoms with Crippen LogP contribution in [0.1, 0.15) is 32.7 Å². The van der Waals surface area contributed by atoms with Gasteiger partial charge in [-0.1, -0.05) is 17.7 Å². The molecule has 21 heavy (non-hydrogen) atoms. The molecule has 0 saturated heterocycles. The average molecular weight is 396 g/mol. The first-order chi connectivity index (χ1) is 9.81. The van der Waals surface area contributed by atoms with E-state index in [2.05, 4.69) is 4.98 Å². The summed E-state index contributed by atoms with van der Waals surface area (Å²) in [6.07, 6.45) is 1.44. The highest BCUT2D eigenvalue weighted by Crippen LogP contribution is 2.17. The first kappa shape index (κ1) is 15.9. The molecule has 0 spiro atoms. The summed E-state index contributed by atoms with van der Waals surface area (Å²) in [6.45, 7) is 7.65. The molecule has 0 saturated carbocycles. The fourth-order valence-electron chi connectivity index (χ4n) is 2.51. The minimum Gasteiger partial charge on any atom is -0.292 e. The molecule has 0 N–H and O–H groups in total. The normalized spacial score (nSPS) is 10.7. The third-order valence-electron chi connectivity index (χ3n) is 3.43. The van der Waals surface area contributed by atoms with E-state index in [1.807, 2.05) is 55.5 Å². The lowest BCUT2D eigenvalue weighted by Gasteiger charge is -2.11. The number of halogens is 1. The second kappa shape index (κ2) is 6.09. The van der Waals surface area contributed by atoms with Gasteiger partial charge >= 0.3 is 0 Å². The molecule has 0 radical (unpaired) electrons. The highest BCUT2D eigenvalue weighted by atomic mass is 127. The second-order valence-corrected chi connectivity index (χ2v) is 6.35. The van der Waals surface area contributed by atoms with E-state index in [0.29, 0.717) is 14.8 Å². The lowest BCUT2D eigenvalue weighted by Crippen LogP contribution is -2.28. The van der Waals surface area contributed by atoms with Crippen molar-refractivity contribution < 1.29 is 4.79 Å². The largest absolute Gasteiger partial charge is 0.292 e. The molecule has 0 amide bonds. The molecule has 0 aliphatic rings. The molecule has 110 valence electrons. The van der Waals surface area contributed by atoms with E-state index >= 15 is 0 Å². The topological polar surface area (TPSA) is 52.0 Å². The van der Waals surface area contributed by atoms with E-state index in [1.54, 1.807) is 6.92 Å². The smallest absolute Gasteiger partial charge is 0.267 e. The molecular weight excluding hydrogens is 379 g/mol. The Morgan fingerprint density at radius 3 is 2.33 bits per heavy atom. The Hall–Kier alpha value is -1.50. The van der Waals surface area contributed by atoms with E-state index in [1.165, 1.54) is 10.9 Å². The molecule has 0 aliphatic carbocycles. The van der Waals surface area contributed by atoms with Crippen molar-refractivity contribution in [2.45, 2.75) is 34.2 Å². The SMILES string of the molecule is Cc1cc(C)c(C(=O)Cn2cnc(C)c(I)c2=O)c(C)c1. The summed E-state index contributed by atoms with van der Waals surface area (Å²) in [6, 6.07) is 3.97. The van der Waals surface area contributed by atoms with Crippen LogP contribution in [0, 0.1) is 31.3 Å². The fourth-order valence-corrected chi connectivity index (χ4v) is 2.96. The standard InChI is InChI=1S/C16H17IN2O2/c1-9-5-10(2)14(11(3)6-9)13(20)7-19-8-18-12(4)15(17)16(19)21/h5-6,8H,7H2,1-4H3. The molecule has 1 heterocycles. The molecule has 2 rings (SSSR count). The van der Waals surface area contributed by atoms with Gasteiger partial charge in [0.2, 0.25) is 0 Å². The summed E-state index contributed by atoms with van der Waals surface area (Å²) in [5, 5.41) is 0. The summed E-state index contributed by atoms with van der Waals surface area (Å²) in [5.41, 5.74) is 4.24. The van der Waals surface area contributed by atoms with E-state index in [-0.39, 0.29) is 17.9 Å². The number of carbonyl (C=O) groups excluding carboxylic acids is 1. The fraction of sp³-hybridized carbons (Fsp3) is 0.312. The van der Waals surface area contributed by atoms with Crippen molar-refractivity contribution in [3.8, 4) is 0 Å². The first-order valence-electron chi connectivity index (χ1n) is 6.64. The van der Waals surface area contributed by atoms with Crippen LogP contribution in [0.3, 0.4) is 0 Å². The van der Waals surface area contributed by atoms with E-state index < -0.39 is 0 Å². The summed E-state index contributed by atoms with van der Waals surface area (Å²) in [4.78, 5) is 28.8. The number of Topliss-reactive ketones (excluding diaryl/α,β-unsaturated/α-hetero) is 1. The first-order valence-corrected chi connectivity index (χ1v) is 7.71. The minimum absolute atomic E-state index is 0.0207. The predicted octanol–water partition coefficient (Wildman–Crippen LogP) is 2.96. The minimum atomic E-state index is -0.168. The van der Waals surface area contributed by atoms with Gasteiger partial charge < -0.3 is 0 Å². The summed E-state index contributed by atoms with van der Waals surface area (Å²) >= 11 is 1.97. The van der Waals surface area contributed by atoms with Gasteiger partial charge in [0.15, 0.2) is 5.78 Å². The van der Waals surface area contributed by atoms with Crippen LogP contribution in [0.25, 0.3) is 0 Å². The zero-order chi connectivity index (χ0) is 15.7. The third kappa shape index (κ3) is 3.23. The maximum atomic E-state index is 12.5. The molecule has 0 fully saturated rings. The number of aromatic nitrogens is 2. The Balaban J connectivity index is 2.40. The van der Waals surface area contributed by atoms with Crippen molar-refractivity contribution >= 4 is 28.4 Å². The van der Waals surface area contributed by atoms with Gasteiger partial charge in [0.25, 0.3) is 5.56 Å². The second-order valence-electron chi connectivity index (χ2n) is 5.27. The van der Waals surface area contributed by atoms with Crippen LogP contribution in [-0.4, -0.2) is 15.3 Å². The van der Waals surface area contributed by atoms with Gasteiger partial charge in [-0.25, -0.2) is 4.98 Å². The van der Waals surface area contributed by atoms with Gasteiger partial charge in [0, 0.05) is 5.56 Å². The molecule has 1 aromatic heterocycles. The number of benzene rings is 1. The molecule has 0 aliphatic heterocycles. The summed E-state index contributed by atoms with van der Waals surface area (Å²) in [5.74, 6) is -0.0615. The maximum Gasteiger partial charge on any atom is 0.267 e. The van der Waals surface area contributed by atoms with Crippen molar-refractivity contribution in [1.29, 1.82) is 0 Å². The molecule has 5 heteroatoms. The number of aryl methyl sites for hydroxylation is 4.